The number of carbonyl (C=O) groups is 1. The van der Waals surface area contributed by atoms with E-state index in [0.717, 1.165) is 11.4 Å². The molecule has 0 bridgehead atoms. The largest absolute Gasteiger partial charge is 0.398 e. The lowest BCUT2D eigenvalue weighted by molar-refractivity contribution is 0.101. The highest BCUT2D eigenvalue weighted by atomic mass is 32.2. The maximum absolute atomic E-state index is 11.5. The Labute approximate surface area is 119 Å². The van der Waals surface area contributed by atoms with E-state index in [1.54, 1.807) is 6.92 Å². The van der Waals surface area contributed by atoms with E-state index >= 15 is 0 Å². The molecule has 1 aliphatic rings. The van der Waals surface area contributed by atoms with E-state index in [4.69, 9.17) is 5.73 Å². The molecule has 3 nitrogen and oxygen atoms in total. The summed E-state index contributed by atoms with van der Waals surface area (Å²) in [5.41, 5.74) is 8.00. The zero-order chi connectivity index (χ0) is 13.8. The van der Waals surface area contributed by atoms with E-state index < -0.39 is 0 Å². The van der Waals surface area contributed by atoms with Crippen molar-refractivity contribution >= 4 is 28.9 Å². The zero-order valence-corrected chi connectivity index (χ0v) is 12.4. The van der Waals surface area contributed by atoms with Crippen molar-refractivity contribution in [3.05, 3.63) is 23.8 Å². The van der Waals surface area contributed by atoms with Crippen LogP contribution in [0.15, 0.2) is 18.2 Å². The minimum absolute atomic E-state index is 0.0204. The Hall–Kier alpha value is -1.16. The highest BCUT2D eigenvalue weighted by Crippen LogP contribution is 2.32. The third-order valence-electron chi connectivity index (χ3n) is 3.62. The van der Waals surface area contributed by atoms with Gasteiger partial charge in [-0.3, -0.25) is 4.79 Å². The summed E-state index contributed by atoms with van der Waals surface area (Å²) in [5, 5.41) is 4.25. The molecule has 0 amide bonds. The fourth-order valence-electron chi connectivity index (χ4n) is 2.67. The number of nitrogen functional groups attached to an aromatic ring is 1. The Bertz CT molecular complexity index is 461. The number of benzene rings is 1. The predicted octanol–water partition coefficient (Wildman–Crippen LogP) is 3.56. The maximum Gasteiger partial charge on any atom is 0.161 e. The summed E-state index contributed by atoms with van der Waals surface area (Å²) in [6.07, 6.45) is 3.77. The second-order valence-electron chi connectivity index (χ2n) is 5.03. The van der Waals surface area contributed by atoms with Gasteiger partial charge in [-0.2, -0.15) is 11.8 Å². The molecule has 104 valence electrons. The third kappa shape index (κ3) is 3.44. The molecular formula is C15H22N2OS. The average Bonchev–Trinajstić information content (AvgIpc) is 2.79. The van der Waals surface area contributed by atoms with Gasteiger partial charge in [0.05, 0.1) is 0 Å². The summed E-state index contributed by atoms with van der Waals surface area (Å²) in [6, 6.07) is 6.17. The number of nitrogens with one attached hydrogen (secondary N) is 1. The molecule has 1 aromatic rings. The molecule has 1 aromatic carbocycles. The Morgan fingerprint density at radius 1 is 1.47 bits per heavy atom. The first-order chi connectivity index (χ1) is 9.11. The average molecular weight is 278 g/mol. The second-order valence-corrected chi connectivity index (χ2v) is 6.55. The van der Waals surface area contributed by atoms with Crippen LogP contribution in [0.5, 0.6) is 0 Å². The lowest BCUT2D eigenvalue weighted by Crippen LogP contribution is -2.26. The minimum atomic E-state index is 0.0204. The highest BCUT2D eigenvalue weighted by molar-refractivity contribution is 7.99. The van der Waals surface area contributed by atoms with Gasteiger partial charge in [-0.15, -0.1) is 0 Å². The monoisotopic (exact) mass is 278 g/mol. The summed E-state index contributed by atoms with van der Waals surface area (Å²) in [6.45, 7) is 3.76. The van der Waals surface area contributed by atoms with Crippen LogP contribution in [0.2, 0.25) is 0 Å². The van der Waals surface area contributed by atoms with Gasteiger partial charge in [0.1, 0.15) is 0 Å². The minimum Gasteiger partial charge on any atom is -0.398 e. The lowest BCUT2D eigenvalue weighted by atomic mass is 10.1. The van der Waals surface area contributed by atoms with E-state index in [9.17, 15) is 4.79 Å². The number of Topliss-reactive ketones (excluding diaryl/α,β-unsaturated/α-hetero) is 1. The van der Waals surface area contributed by atoms with Crippen LogP contribution in [0.25, 0.3) is 0 Å². The van der Waals surface area contributed by atoms with Crippen molar-refractivity contribution in [1.82, 2.24) is 0 Å². The zero-order valence-electron chi connectivity index (χ0n) is 11.6. The van der Waals surface area contributed by atoms with Gasteiger partial charge in [-0.25, -0.2) is 0 Å². The molecule has 4 heteroatoms. The van der Waals surface area contributed by atoms with Crippen molar-refractivity contribution in [3.63, 3.8) is 0 Å². The van der Waals surface area contributed by atoms with Gasteiger partial charge in [0, 0.05) is 28.2 Å². The van der Waals surface area contributed by atoms with E-state index in [0.29, 0.717) is 22.5 Å². The molecular weight excluding hydrogens is 256 g/mol. The standard InChI is InChI=1S/C15H22N2OS/c1-3-19-15-6-4-5-14(15)17-11-7-8-13(16)12(9-11)10(2)18/h7-9,14-15,17H,3-6,16H2,1-2H3. The first-order valence-electron chi connectivity index (χ1n) is 6.90. The van der Waals surface area contributed by atoms with Crippen molar-refractivity contribution in [2.75, 3.05) is 16.8 Å². The number of thioether (sulfide) groups is 1. The first kappa shape index (κ1) is 14.3. The van der Waals surface area contributed by atoms with Crippen LogP contribution >= 0.6 is 11.8 Å². The van der Waals surface area contributed by atoms with Crippen LogP contribution in [-0.2, 0) is 0 Å². The van der Waals surface area contributed by atoms with Crippen LogP contribution in [0.3, 0.4) is 0 Å². The number of rotatable bonds is 5. The number of ketones is 1. The first-order valence-corrected chi connectivity index (χ1v) is 7.95. The van der Waals surface area contributed by atoms with Crippen LogP contribution in [0, 0.1) is 0 Å². The highest BCUT2D eigenvalue weighted by Gasteiger charge is 2.27. The summed E-state index contributed by atoms with van der Waals surface area (Å²) < 4.78 is 0. The molecule has 2 rings (SSSR count). The van der Waals surface area contributed by atoms with E-state index in [1.807, 2.05) is 30.0 Å². The van der Waals surface area contributed by atoms with Gasteiger partial charge < -0.3 is 11.1 Å². The Morgan fingerprint density at radius 3 is 2.95 bits per heavy atom. The van der Waals surface area contributed by atoms with Gasteiger partial charge in [-0.1, -0.05) is 13.3 Å². The number of nitrogens with two attached hydrogens (primary N) is 1. The van der Waals surface area contributed by atoms with Crippen LogP contribution in [-0.4, -0.2) is 22.8 Å². The number of anilines is 2. The Morgan fingerprint density at radius 2 is 2.26 bits per heavy atom. The number of hydrogen-bond acceptors (Lipinski definition) is 4. The molecule has 19 heavy (non-hydrogen) atoms. The number of carbonyl (C=O) groups excluding carboxylic acids is 1. The molecule has 0 aromatic heterocycles. The Balaban J connectivity index is 2.10. The van der Waals surface area contributed by atoms with Crippen LogP contribution in [0.1, 0.15) is 43.5 Å². The van der Waals surface area contributed by atoms with Crippen molar-refractivity contribution in [3.8, 4) is 0 Å². The molecule has 1 aliphatic carbocycles. The second kappa shape index (κ2) is 6.33. The van der Waals surface area contributed by atoms with Gasteiger partial charge in [0.15, 0.2) is 5.78 Å². The third-order valence-corrected chi connectivity index (χ3v) is 4.94. The van der Waals surface area contributed by atoms with Crippen molar-refractivity contribution in [2.24, 2.45) is 0 Å². The molecule has 0 radical (unpaired) electrons. The molecule has 0 saturated heterocycles. The summed E-state index contributed by atoms with van der Waals surface area (Å²) in [7, 11) is 0. The predicted molar refractivity (Wildman–Crippen MR) is 84.0 cm³/mol. The molecule has 3 N–H and O–H groups in total. The van der Waals surface area contributed by atoms with E-state index in [2.05, 4.69) is 12.2 Å². The fourth-order valence-corrected chi connectivity index (χ4v) is 3.87. The summed E-state index contributed by atoms with van der Waals surface area (Å²) >= 11 is 2.03. The molecule has 1 fully saturated rings. The number of hydrogen-bond donors (Lipinski definition) is 2. The van der Waals surface area contributed by atoms with Gasteiger partial charge in [0.25, 0.3) is 0 Å². The van der Waals surface area contributed by atoms with Crippen molar-refractivity contribution < 1.29 is 4.79 Å². The Kier molecular flexibility index (Phi) is 4.75. The van der Waals surface area contributed by atoms with E-state index in [1.165, 1.54) is 19.3 Å². The van der Waals surface area contributed by atoms with Gasteiger partial charge >= 0.3 is 0 Å². The molecule has 0 aliphatic heterocycles. The fraction of sp³-hybridized carbons (Fsp3) is 0.533. The lowest BCUT2D eigenvalue weighted by Gasteiger charge is -2.21. The van der Waals surface area contributed by atoms with Crippen LogP contribution in [0.4, 0.5) is 11.4 Å². The SMILES string of the molecule is CCSC1CCCC1Nc1ccc(N)c(C(C)=O)c1. The normalized spacial score (nSPS) is 22.4. The van der Waals surface area contributed by atoms with Crippen molar-refractivity contribution in [2.45, 2.75) is 44.4 Å². The topological polar surface area (TPSA) is 55.1 Å². The quantitative estimate of drug-likeness (QED) is 0.639. The maximum atomic E-state index is 11.5. The molecule has 0 heterocycles. The molecule has 1 saturated carbocycles. The van der Waals surface area contributed by atoms with Gasteiger partial charge in [0.2, 0.25) is 0 Å². The smallest absolute Gasteiger partial charge is 0.161 e. The summed E-state index contributed by atoms with van der Waals surface area (Å²) in [5.74, 6) is 1.18. The van der Waals surface area contributed by atoms with Crippen molar-refractivity contribution in [1.29, 1.82) is 0 Å². The molecule has 2 unspecified atom stereocenters. The van der Waals surface area contributed by atoms with E-state index in [-0.39, 0.29) is 5.78 Å². The molecule has 2 atom stereocenters. The van der Waals surface area contributed by atoms with Crippen LogP contribution < -0.4 is 11.1 Å². The van der Waals surface area contributed by atoms with Gasteiger partial charge in [-0.05, 0) is 43.7 Å². The summed E-state index contributed by atoms with van der Waals surface area (Å²) in [4.78, 5) is 11.5. The molecule has 0 spiro atoms.